The van der Waals surface area contributed by atoms with Gasteiger partial charge in [-0.05, 0) is 31.9 Å². The second-order valence-electron chi connectivity index (χ2n) is 4.88. The molecule has 0 amide bonds. The van der Waals surface area contributed by atoms with Gasteiger partial charge >= 0.3 is 11.9 Å². The third kappa shape index (κ3) is 4.91. The highest BCUT2D eigenvalue weighted by Crippen LogP contribution is 2.21. The minimum absolute atomic E-state index is 0.0796. The first-order chi connectivity index (χ1) is 10.5. The average Bonchev–Trinajstić information content (AvgIpc) is 2.48. The number of ether oxygens (including phenoxy) is 2. The highest BCUT2D eigenvalue weighted by molar-refractivity contribution is 6.15. The van der Waals surface area contributed by atoms with Crippen molar-refractivity contribution in [2.75, 3.05) is 18.5 Å². The van der Waals surface area contributed by atoms with Crippen molar-refractivity contribution in [1.29, 1.82) is 0 Å². The zero-order valence-corrected chi connectivity index (χ0v) is 13.5. The van der Waals surface area contributed by atoms with Crippen LogP contribution in [0.2, 0.25) is 0 Å². The topological polar surface area (TPSA) is 64.6 Å². The molecule has 1 rings (SSSR count). The minimum atomic E-state index is -0.673. The Hall–Kier alpha value is -2.30. The zero-order valence-electron chi connectivity index (χ0n) is 13.5. The second-order valence-corrected chi connectivity index (χ2v) is 4.88. The van der Waals surface area contributed by atoms with Crippen LogP contribution in [0.1, 0.15) is 27.7 Å². The number of hydrogen-bond donors (Lipinski definition) is 1. The fourth-order valence-electron chi connectivity index (χ4n) is 1.88. The van der Waals surface area contributed by atoms with E-state index in [1.165, 1.54) is 0 Å². The number of nitrogens with one attached hydrogen (secondary N) is 1. The van der Waals surface area contributed by atoms with Crippen molar-refractivity contribution in [3.8, 4) is 0 Å². The molecular formula is C17H23NO4. The molecule has 0 saturated heterocycles. The van der Waals surface area contributed by atoms with Gasteiger partial charge in [0.15, 0.2) is 5.57 Å². The first-order valence-electron chi connectivity index (χ1n) is 7.41. The number of benzene rings is 1. The Morgan fingerprint density at radius 1 is 1.00 bits per heavy atom. The first kappa shape index (κ1) is 17.8. The van der Waals surface area contributed by atoms with Crippen molar-refractivity contribution in [1.82, 2.24) is 0 Å². The molecule has 0 fully saturated rings. The molecule has 0 aliphatic carbocycles. The molecular weight excluding hydrogens is 282 g/mol. The molecule has 0 spiro atoms. The Labute approximate surface area is 131 Å². The average molecular weight is 305 g/mol. The molecule has 1 aromatic rings. The number of carbonyl (C=O) groups is 2. The molecule has 0 radical (unpaired) electrons. The lowest BCUT2D eigenvalue weighted by Crippen LogP contribution is -2.24. The van der Waals surface area contributed by atoms with Crippen LogP contribution in [0, 0.1) is 5.92 Å². The van der Waals surface area contributed by atoms with Crippen molar-refractivity contribution in [2.24, 2.45) is 5.92 Å². The number of rotatable bonds is 7. The summed E-state index contributed by atoms with van der Waals surface area (Å²) in [5, 5.41) is 3.14. The van der Waals surface area contributed by atoms with Crippen molar-refractivity contribution >= 4 is 17.6 Å². The predicted molar refractivity (Wildman–Crippen MR) is 85.2 cm³/mol. The number of hydrogen-bond acceptors (Lipinski definition) is 5. The van der Waals surface area contributed by atoms with Crippen LogP contribution in [0.4, 0.5) is 5.69 Å². The summed E-state index contributed by atoms with van der Waals surface area (Å²) in [6.07, 6.45) is 0. The molecule has 120 valence electrons. The molecule has 22 heavy (non-hydrogen) atoms. The Kier molecular flexibility index (Phi) is 7.16. The van der Waals surface area contributed by atoms with E-state index in [2.05, 4.69) is 5.32 Å². The van der Waals surface area contributed by atoms with E-state index in [0.717, 1.165) is 5.69 Å². The highest BCUT2D eigenvalue weighted by Gasteiger charge is 2.27. The Morgan fingerprint density at radius 3 is 1.91 bits per heavy atom. The maximum Gasteiger partial charge on any atom is 0.347 e. The highest BCUT2D eigenvalue weighted by atomic mass is 16.6. The lowest BCUT2D eigenvalue weighted by Gasteiger charge is -2.18. The minimum Gasteiger partial charge on any atom is -0.462 e. The summed E-state index contributed by atoms with van der Waals surface area (Å²) >= 11 is 0. The van der Waals surface area contributed by atoms with Crippen LogP contribution < -0.4 is 5.32 Å². The van der Waals surface area contributed by atoms with Crippen molar-refractivity contribution in [3.05, 3.63) is 41.6 Å². The summed E-state index contributed by atoms with van der Waals surface area (Å²) in [6, 6.07) is 9.34. The van der Waals surface area contributed by atoms with Crippen LogP contribution in [0.3, 0.4) is 0 Å². The molecule has 0 unspecified atom stereocenters. The molecule has 1 N–H and O–H groups in total. The van der Waals surface area contributed by atoms with E-state index < -0.39 is 11.9 Å². The van der Waals surface area contributed by atoms with Gasteiger partial charge in [0.1, 0.15) is 0 Å². The van der Waals surface area contributed by atoms with Gasteiger partial charge in [-0.15, -0.1) is 0 Å². The summed E-state index contributed by atoms with van der Waals surface area (Å²) in [5.41, 5.74) is 1.20. The van der Waals surface area contributed by atoms with Gasteiger partial charge in [0.05, 0.1) is 13.2 Å². The van der Waals surface area contributed by atoms with Gasteiger partial charge < -0.3 is 14.8 Å². The molecule has 0 saturated carbocycles. The molecule has 0 heterocycles. The van der Waals surface area contributed by atoms with Crippen LogP contribution in [0.25, 0.3) is 0 Å². The molecule has 0 aliphatic heterocycles. The van der Waals surface area contributed by atoms with Crippen LogP contribution in [0.5, 0.6) is 0 Å². The van der Waals surface area contributed by atoms with Gasteiger partial charge in [0.2, 0.25) is 0 Å². The molecule has 0 aliphatic rings. The third-order valence-electron chi connectivity index (χ3n) is 2.86. The summed E-state index contributed by atoms with van der Waals surface area (Å²) < 4.78 is 10.0. The van der Waals surface area contributed by atoms with Crippen molar-refractivity contribution < 1.29 is 19.1 Å². The molecule has 1 aromatic carbocycles. The van der Waals surface area contributed by atoms with Crippen molar-refractivity contribution in [2.45, 2.75) is 27.7 Å². The Morgan fingerprint density at radius 2 is 1.50 bits per heavy atom. The first-order valence-corrected chi connectivity index (χ1v) is 7.41. The van der Waals surface area contributed by atoms with Crippen molar-refractivity contribution in [3.63, 3.8) is 0 Å². The zero-order chi connectivity index (χ0) is 16.5. The molecule has 0 aromatic heterocycles. The van der Waals surface area contributed by atoms with Gasteiger partial charge in [-0.25, -0.2) is 9.59 Å². The predicted octanol–water partition coefficient (Wildman–Crippen LogP) is 3.13. The van der Waals surface area contributed by atoms with Gasteiger partial charge in [0, 0.05) is 11.4 Å². The van der Waals surface area contributed by atoms with E-state index in [0.29, 0.717) is 5.70 Å². The fraction of sp³-hybridized carbons (Fsp3) is 0.412. The van der Waals surface area contributed by atoms with Crippen LogP contribution in [-0.4, -0.2) is 25.2 Å². The lowest BCUT2D eigenvalue weighted by atomic mass is 10.0. The summed E-state index contributed by atoms with van der Waals surface area (Å²) in [4.78, 5) is 24.3. The summed E-state index contributed by atoms with van der Waals surface area (Å²) in [5.74, 6) is -1.43. The van der Waals surface area contributed by atoms with Crippen LogP contribution in [0.15, 0.2) is 41.6 Å². The standard InChI is InChI=1S/C17H23NO4/c1-5-21-16(19)14(17(20)22-6-2)15(12(3)4)18-13-10-8-7-9-11-13/h7-12,18H,5-6H2,1-4H3. The number of allylic oxidation sites excluding steroid dienone is 1. The molecule has 5 heteroatoms. The van der Waals surface area contributed by atoms with E-state index in [9.17, 15) is 9.59 Å². The quantitative estimate of drug-likeness (QED) is 0.363. The molecule has 5 nitrogen and oxygen atoms in total. The SMILES string of the molecule is CCOC(=O)C(C(=O)OCC)=C(Nc1ccccc1)C(C)C. The second kappa shape index (κ2) is 8.87. The lowest BCUT2D eigenvalue weighted by molar-refractivity contribution is -0.146. The Bertz CT molecular complexity index is 515. The van der Waals surface area contributed by atoms with E-state index in [1.807, 2.05) is 44.2 Å². The van der Waals surface area contributed by atoms with Gasteiger partial charge in [-0.3, -0.25) is 0 Å². The third-order valence-corrected chi connectivity index (χ3v) is 2.86. The van der Waals surface area contributed by atoms with E-state index >= 15 is 0 Å². The summed E-state index contributed by atoms with van der Waals surface area (Å²) in [6.45, 7) is 7.56. The van der Waals surface area contributed by atoms with E-state index in [1.54, 1.807) is 13.8 Å². The number of para-hydroxylation sites is 1. The normalized spacial score (nSPS) is 10.0. The van der Waals surface area contributed by atoms with Crippen LogP contribution >= 0.6 is 0 Å². The molecule has 0 atom stereocenters. The monoisotopic (exact) mass is 305 g/mol. The summed E-state index contributed by atoms with van der Waals surface area (Å²) in [7, 11) is 0. The number of esters is 2. The number of anilines is 1. The van der Waals surface area contributed by atoms with Gasteiger partial charge in [-0.2, -0.15) is 0 Å². The van der Waals surface area contributed by atoms with E-state index in [-0.39, 0.29) is 24.7 Å². The maximum atomic E-state index is 12.2. The maximum absolute atomic E-state index is 12.2. The Balaban J connectivity index is 3.26. The van der Waals surface area contributed by atoms with Gasteiger partial charge in [-0.1, -0.05) is 32.0 Å². The fourth-order valence-corrected chi connectivity index (χ4v) is 1.88. The van der Waals surface area contributed by atoms with E-state index in [4.69, 9.17) is 9.47 Å². The van der Waals surface area contributed by atoms with Crippen LogP contribution in [-0.2, 0) is 19.1 Å². The largest absolute Gasteiger partial charge is 0.462 e. The smallest absolute Gasteiger partial charge is 0.347 e. The molecule has 0 bridgehead atoms. The number of carbonyl (C=O) groups excluding carboxylic acids is 2. The van der Waals surface area contributed by atoms with Gasteiger partial charge in [0.25, 0.3) is 0 Å².